The summed E-state index contributed by atoms with van der Waals surface area (Å²) in [6.07, 6.45) is 3.34. The fourth-order valence-corrected chi connectivity index (χ4v) is 3.19. The van der Waals surface area contributed by atoms with E-state index in [4.69, 9.17) is 4.74 Å². The van der Waals surface area contributed by atoms with Crippen LogP contribution in [0.5, 0.6) is 0 Å². The average Bonchev–Trinajstić information content (AvgIpc) is 2.86. The monoisotopic (exact) mass is 303 g/mol. The smallest absolute Gasteiger partial charge is 0.252 e. The lowest BCUT2D eigenvalue weighted by atomic mass is 10.2. The number of carbonyl (C=O) groups is 1. The van der Waals surface area contributed by atoms with E-state index >= 15 is 0 Å². The first kappa shape index (κ1) is 12.1. The van der Waals surface area contributed by atoms with Gasteiger partial charge in [-0.2, -0.15) is 0 Å². The Labute approximate surface area is 107 Å². The lowest BCUT2D eigenvalue weighted by Crippen LogP contribution is -2.40. The van der Waals surface area contributed by atoms with Gasteiger partial charge in [-0.3, -0.25) is 4.79 Å². The Morgan fingerprint density at radius 1 is 1.62 bits per heavy atom. The van der Waals surface area contributed by atoms with Crippen LogP contribution in [0.4, 0.5) is 0 Å². The molecule has 1 saturated carbocycles. The van der Waals surface area contributed by atoms with Crippen molar-refractivity contribution in [1.29, 1.82) is 0 Å². The molecule has 1 amide bonds. The third-order valence-corrected chi connectivity index (χ3v) is 4.41. The second-order valence-electron chi connectivity index (χ2n) is 3.92. The first-order chi connectivity index (χ1) is 7.70. The van der Waals surface area contributed by atoms with Crippen molar-refractivity contribution in [2.75, 3.05) is 7.11 Å². The third-order valence-electron chi connectivity index (χ3n) is 2.90. The molecule has 0 radical (unpaired) electrons. The van der Waals surface area contributed by atoms with Gasteiger partial charge < -0.3 is 10.1 Å². The molecule has 1 aliphatic rings. The molecule has 0 spiro atoms. The van der Waals surface area contributed by atoms with Gasteiger partial charge in [-0.1, -0.05) is 0 Å². The predicted octanol–water partition coefficient (Wildman–Crippen LogP) is 2.81. The van der Waals surface area contributed by atoms with Gasteiger partial charge in [-0.25, -0.2) is 0 Å². The molecule has 0 aliphatic heterocycles. The van der Waals surface area contributed by atoms with E-state index in [-0.39, 0.29) is 18.1 Å². The van der Waals surface area contributed by atoms with Crippen LogP contribution < -0.4 is 5.32 Å². The van der Waals surface area contributed by atoms with Gasteiger partial charge in [-0.15, -0.1) is 11.3 Å². The minimum atomic E-state index is -0.00380. The summed E-state index contributed by atoms with van der Waals surface area (Å²) in [5, 5.41) is 4.89. The van der Waals surface area contributed by atoms with Crippen molar-refractivity contribution >= 4 is 33.2 Å². The van der Waals surface area contributed by atoms with Crippen LogP contribution in [0.3, 0.4) is 0 Å². The molecular formula is C11H14BrNO2S. The molecule has 1 aromatic heterocycles. The molecular weight excluding hydrogens is 290 g/mol. The van der Waals surface area contributed by atoms with Crippen molar-refractivity contribution in [3.05, 3.63) is 20.8 Å². The van der Waals surface area contributed by atoms with Crippen LogP contribution in [-0.2, 0) is 4.74 Å². The minimum Gasteiger partial charge on any atom is -0.379 e. The third kappa shape index (κ3) is 2.64. The van der Waals surface area contributed by atoms with Gasteiger partial charge >= 0.3 is 0 Å². The van der Waals surface area contributed by atoms with E-state index in [0.29, 0.717) is 0 Å². The Kier molecular flexibility index (Phi) is 4.00. The van der Waals surface area contributed by atoms with E-state index in [0.717, 1.165) is 28.6 Å². The molecule has 0 bridgehead atoms. The van der Waals surface area contributed by atoms with Gasteiger partial charge in [0.1, 0.15) is 0 Å². The molecule has 3 nitrogen and oxygen atoms in total. The molecule has 1 aromatic rings. The maximum atomic E-state index is 11.9. The second-order valence-corrected chi connectivity index (χ2v) is 6.21. The summed E-state index contributed by atoms with van der Waals surface area (Å²) in [4.78, 5) is 11.9. The Balaban J connectivity index is 1.97. The predicted molar refractivity (Wildman–Crippen MR) is 67.9 cm³/mol. The number of nitrogens with one attached hydrogen (secondary N) is 1. The number of halogens is 1. The zero-order valence-electron chi connectivity index (χ0n) is 9.03. The standard InChI is InChI=1S/C11H14BrNO2S/c1-15-9-4-2-3-8(9)13-11(14)7-5-10(12)16-6-7/h5-6,8-9H,2-4H2,1H3,(H,13,14). The van der Waals surface area contributed by atoms with Gasteiger partial charge in [0, 0.05) is 12.5 Å². The maximum absolute atomic E-state index is 11.9. The number of methoxy groups -OCH3 is 1. The zero-order chi connectivity index (χ0) is 11.5. The van der Waals surface area contributed by atoms with E-state index in [2.05, 4.69) is 21.2 Å². The fraction of sp³-hybridized carbons (Fsp3) is 0.545. The highest BCUT2D eigenvalue weighted by Gasteiger charge is 2.28. The lowest BCUT2D eigenvalue weighted by Gasteiger charge is -2.19. The first-order valence-electron chi connectivity index (χ1n) is 5.28. The van der Waals surface area contributed by atoms with E-state index in [9.17, 15) is 4.79 Å². The van der Waals surface area contributed by atoms with Crippen LogP contribution in [0, 0.1) is 0 Å². The van der Waals surface area contributed by atoms with Crippen molar-refractivity contribution in [2.24, 2.45) is 0 Å². The highest BCUT2D eigenvalue weighted by atomic mass is 79.9. The van der Waals surface area contributed by atoms with Crippen LogP contribution in [0.25, 0.3) is 0 Å². The molecule has 16 heavy (non-hydrogen) atoms. The molecule has 5 heteroatoms. The first-order valence-corrected chi connectivity index (χ1v) is 6.95. The summed E-state index contributed by atoms with van der Waals surface area (Å²) in [6, 6.07) is 2.01. The van der Waals surface area contributed by atoms with E-state index in [1.165, 1.54) is 11.3 Å². The van der Waals surface area contributed by atoms with Gasteiger partial charge in [0.25, 0.3) is 5.91 Å². The SMILES string of the molecule is COC1CCCC1NC(=O)c1csc(Br)c1. The summed E-state index contributed by atoms with van der Waals surface area (Å²) >= 11 is 4.87. The molecule has 1 aliphatic carbocycles. The van der Waals surface area contributed by atoms with Crippen LogP contribution in [-0.4, -0.2) is 25.2 Å². The number of thiophene rings is 1. The fourth-order valence-electron chi connectivity index (χ4n) is 2.05. The van der Waals surface area contributed by atoms with Crippen molar-refractivity contribution < 1.29 is 9.53 Å². The van der Waals surface area contributed by atoms with Gasteiger partial charge in [0.15, 0.2) is 0 Å². The van der Waals surface area contributed by atoms with Crippen LogP contribution >= 0.6 is 27.3 Å². The van der Waals surface area contributed by atoms with Crippen LogP contribution in [0.2, 0.25) is 0 Å². The van der Waals surface area contributed by atoms with Crippen molar-refractivity contribution in [3.8, 4) is 0 Å². The highest BCUT2D eigenvalue weighted by molar-refractivity contribution is 9.11. The van der Waals surface area contributed by atoms with E-state index in [1.54, 1.807) is 7.11 Å². The molecule has 1 heterocycles. The Morgan fingerprint density at radius 2 is 2.44 bits per heavy atom. The summed E-state index contributed by atoms with van der Waals surface area (Å²) in [7, 11) is 1.70. The molecule has 1 fully saturated rings. The molecule has 2 unspecified atom stereocenters. The Hall–Kier alpha value is -0.390. The largest absolute Gasteiger partial charge is 0.379 e. The van der Waals surface area contributed by atoms with Crippen LogP contribution in [0.1, 0.15) is 29.6 Å². The minimum absolute atomic E-state index is 0.00380. The van der Waals surface area contributed by atoms with Crippen LogP contribution in [0.15, 0.2) is 15.2 Å². The number of amides is 1. The molecule has 2 atom stereocenters. The number of hydrogen-bond acceptors (Lipinski definition) is 3. The molecule has 88 valence electrons. The number of carbonyl (C=O) groups excluding carboxylic acids is 1. The Morgan fingerprint density at radius 3 is 3.06 bits per heavy atom. The maximum Gasteiger partial charge on any atom is 0.252 e. The quantitative estimate of drug-likeness (QED) is 0.932. The highest BCUT2D eigenvalue weighted by Crippen LogP contribution is 2.24. The Bertz CT molecular complexity index is 380. The topological polar surface area (TPSA) is 38.3 Å². The van der Waals surface area contributed by atoms with E-state index < -0.39 is 0 Å². The second kappa shape index (κ2) is 5.29. The molecule has 0 aromatic carbocycles. The average molecular weight is 304 g/mol. The van der Waals surface area contributed by atoms with Gasteiger partial charge in [0.2, 0.25) is 0 Å². The summed E-state index contributed by atoms with van der Waals surface area (Å²) in [5.74, 6) is -0.00380. The molecule has 2 rings (SSSR count). The van der Waals surface area contributed by atoms with E-state index in [1.807, 2.05) is 11.4 Å². The number of rotatable bonds is 3. The molecule has 0 saturated heterocycles. The van der Waals surface area contributed by atoms with Crippen molar-refractivity contribution in [3.63, 3.8) is 0 Å². The zero-order valence-corrected chi connectivity index (χ0v) is 11.4. The number of ether oxygens (including phenoxy) is 1. The van der Waals surface area contributed by atoms with Gasteiger partial charge in [0.05, 0.1) is 21.5 Å². The number of hydrogen-bond donors (Lipinski definition) is 1. The molecule has 1 N–H and O–H groups in total. The lowest BCUT2D eigenvalue weighted by molar-refractivity contribution is 0.0722. The summed E-state index contributed by atoms with van der Waals surface area (Å²) in [6.45, 7) is 0. The van der Waals surface area contributed by atoms with Crippen molar-refractivity contribution in [2.45, 2.75) is 31.4 Å². The normalized spacial score (nSPS) is 24.6. The summed E-state index contributed by atoms with van der Waals surface area (Å²) < 4.78 is 6.32. The summed E-state index contributed by atoms with van der Waals surface area (Å²) in [5.41, 5.74) is 0.721. The van der Waals surface area contributed by atoms with Gasteiger partial charge in [-0.05, 0) is 41.3 Å². The van der Waals surface area contributed by atoms with Crippen molar-refractivity contribution in [1.82, 2.24) is 5.32 Å².